The van der Waals surface area contributed by atoms with Crippen molar-refractivity contribution in [2.45, 2.75) is 25.7 Å². The van der Waals surface area contributed by atoms with Crippen molar-refractivity contribution in [1.29, 1.82) is 0 Å². The van der Waals surface area contributed by atoms with E-state index in [-0.39, 0.29) is 24.2 Å². The van der Waals surface area contributed by atoms with Crippen molar-refractivity contribution in [3.05, 3.63) is 29.8 Å². The first-order valence-electron chi connectivity index (χ1n) is 4.53. The average molecular weight is 256 g/mol. The molecule has 0 saturated carbocycles. The summed E-state index contributed by atoms with van der Waals surface area (Å²) in [5, 5.41) is 0. The van der Waals surface area contributed by atoms with Gasteiger partial charge in [0, 0.05) is 6.04 Å². The highest BCUT2D eigenvalue weighted by molar-refractivity contribution is 5.85. The molecule has 0 aliphatic rings. The van der Waals surface area contributed by atoms with Crippen LogP contribution >= 0.6 is 12.4 Å². The molecule has 2 nitrogen and oxygen atoms in total. The molecule has 2 N–H and O–H groups in total. The summed E-state index contributed by atoms with van der Waals surface area (Å²) in [5.41, 5.74) is 6.51. The fraction of sp³-hybridized carbons (Fsp3) is 0.400. The molecular weight excluding hydrogens is 243 g/mol. The second-order valence-corrected chi connectivity index (χ2v) is 3.13. The van der Waals surface area contributed by atoms with Crippen LogP contribution in [0.1, 0.15) is 24.9 Å². The first kappa shape index (κ1) is 15.1. The first-order valence-corrected chi connectivity index (χ1v) is 4.53. The van der Waals surface area contributed by atoms with Crippen LogP contribution in [0.4, 0.5) is 13.2 Å². The van der Waals surface area contributed by atoms with Gasteiger partial charge in [-0.15, -0.1) is 25.6 Å². The minimum Gasteiger partial charge on any atom is -0.406 e. The highest BCUT2D eigenvalue weighted by Crippen LogP contribution is 2.24. The molecule has 0 bridgehead atoms. The second-order valence-electron chi connectivity index (χ2n) is 3.13. The molecule has 0 fully saturated rings. The number of hydrogen-bond acceptors (Lipinski definition) is 2. The molecule has 1 rings (SSSR count). The van der Waals surface area contributed by atoms with E-state index in [0.29, 0.717) is 0 Å². The van der Waals surface area contributed by atoms with Gasteiger partial charge in [-0.05, 0) is 24.1 Å². The van der Waals surface area contributed by atoms with Crippen molar-refractivity contribution >= 4 is 12.4 Å². The smallest absolute Gasteiger partial charge is 0.406 e. The summed E-state index contributed by atoms with van der Waals surface area (Å²) in [6.07, 6.45) is -3.91. The molecule has 0 unspecified atom stereocenters. The Morgan fingerprint density at radius 3 is 2.12 bits per heavy atom. The fourth-order valence-corrected chi connectivity index (χ4v) is 1.15. The molecular formula is C10H13ClF3NO. The molecule has 0 spiro atoms. The number of halogens is 4. The van der Waals surface area contributed by atoms with Crippen LogP contribution in [0.2, 0.25) is 0 Å². The van der Waals surface area contributed by atoms with Crippen LogP contribution in [0.15, 0.2) is 24.3 Å². The average Bonchev–Trinajstić information content (AvgIpc) is 2.15. The summed E-state index contributed by atoms with van der Waals surface area (Å²) in [4.78, 5) is 0. The Labute approximate surface area is 98.0 Å². The largest absolute Gasteiger partial charge is 0.573 e. The highest BCUT2D eigenvalue weighted by atomic mass is 35.5. The van der Waals surface area contributed by atoms with Crippen LogP contribution in [-0.4, -0.2) is 6.36 Å². The zero-order valence-electron chi connectivity index (χ0n) is 8.62. The molecule has 1 atom stereocenters. The van der Waals surface area contributed by atoms with Crippen molar-refractivity contribution in [3.63, 3.8) is 0 Å². The third-order valence-electron chi connectivity index (χ3n) is 1.98. The molecule has 1 aromatic rings. The summed E-state index contributed by atoms with van der Waals surface area (Å²) in [6.45, 7) is 1.91. The standard InChI is InChI=1S/C10H12F3NO.ClH/c1-2-9(14)7-3-5-8(6-4-7)15-10(11,12)13;/h3-6,9H,2,14H2,1H3;1H/t9-;/m0./s1. The van der Waals surface area contributed by atoms with Gasteiger partial charge >= 0.3 is 6.36 Å². The van der Waals surface area contributed by atoms with Gasteiger partial charge in [-0.1, -0.05) is 19.1 Å². The molecule has 6 heteroatoms. The predicted octanol–water partition coefficient (Wildman–Crippen LogP) is 3.42. The molecule has 0 aliphatic carbocycles. The van der Waals surface area contributed by atoms with E-state index in [2.05, 4.69) is 4.74 Å². The highest BCUT2D eigenvalue weighted by Gasteiger charge is 2.30. The van der Waals surface area contributed by atoms with Crippen molar-refractivity contribution < 1.29 is 17.9 Å². The Balaban J connectivity index is 0.00000225. The number of ether oxygens (including phenoxy) is 1. The maximum Gasteiger partial charge on any atom is 0.573 e. The van der Waals surface area contributed by atoms with E-state index in [9.17, 15) is 13.2 Å². The van der Waals surface area contributed by atoms with Gasteiger partial charge in [0.05, 0.1) is 0 Å². The van der Waals surface area contributed by atoms with Gasteiger partial charge in [0.25, 0.3) is 0 Å². The lowest BCUT2D eigenvalue weighted by atomic mass is 10.1. The summed E-state index contributed by atoms with van der Waals surface area (Å²) in [6, 6.07) is 5.45. The zero-order valence-corrected chi connectivity index (χ0v) is 9.44. The van der Waals surface area contributed by atoms with E-state index in [1.807, 2.05) is 6.92 Å². The topological polar surface area (TPSA) is 35.2 Å². The number of hydrogen-bond donors (Lipinski definition) is 1. The molecule has 0 amide bonds. The van der Waals surface area contributed by atoms with Gasteiger partial charge in [-0.25, -0.2) is 0 Å². The molecule has 0 heterocycles. The maximum absolute atomic E-state index is 11.8. The van der Waals surface area contributed by atoms with Crippen LogP contribution in [0.25, 0.3) is 0 Å². The molecule has 1 aromatic carbocycles. The Morgan fingerprint density at radius 2 is 1.75 bits per heavy atom. The van der Waals surface area contributed by atoms with Crippen molar-refractivity contribution in [3.8, 4) is 5.75 Å². The third kappa shape index (κ3) is 4.72. The summed E-state index contributed by atoms with van der Waals surface area (Å²) in [5.74, 6) is -0.227. The van der Waals surface area contributed by atoms with E-state index < -0.39 is 6.36 Å². The van der Waals surface area contributed by atoms with E-state index in [4.69, 9.17) is 5.73 Å². The zero-order chi connectivity index (χ0) is 11.5. The Hall–Kier alpha value is -0.940. The summed E-state index contributed by atoms with van der Waals surface area (Å²) < 4.78 is 39.2. The quantitative estimate of drug-likeness (QED) is 0.898. The van der Waals surface area contributed by atoms with Gasteiger partial charge in [-0.3, -0.25) is 0 Å². The Kier molecular flexibility index (Phi) is 5.61. The van der Waals surface area contributed by atoms with Gasteiger partial charge in [0.2, 0.25) is 0 Å². The monoisotopic (exact) mass is 255 g/mol. The predicted molar refractivity (Wildman–Crippen MR) is 57.6 cm³/mol. The van der Waals surface area contributed by atoms with Gasteiger partial charge < -0.3 is 10.5 Å². The minimum absolute atomic E-state index is 0. The van der Waals surface area contributed by atoms with Gasteiger partial charge in [0.1, 0.15) is 5.75 Å². The number of benzene rings is 1. The van der Waals surface area contributed by atoms with Crippen LogP contribution in [0.5, 0.6) is 5.75 Å². The lowest BCUT2D eigenvalue weighted by Crippen LogP contribution is -2.17. The fourth-order valence-electron chi connectivity index (χ4n) is 1.15. The lowest BCUT2D eigenvalue weighted by molar-refractivity contribution is -0.274. The van der Waals surface area contributed by atoms with Crippen LogP contribution in [-0.2, 0) is 0 Å². The maximum atomic E-state index is 11.8. The summed E-state index contributed by atoms with van der Waals surface area (Å²) >= 11 is 0. The van der Waals surface area contributed by atoms with E-state index in [1.54, 1.807) is 0 Å². The minimum atomic E-state index is -4.64. The Bertz CT molecular complexity index is 313. The number of alkyl halides is 3. The Morgan fingerprint density at radius 1 is 1.25 bits per heavy atom. The van der Waals surface area contributed by atoms with Gasteiger partial charge in [0.15, 0.2) is 0 Å². The van der Waals surface area contributed by atoms with E-state index in [0.717, 1.165) is 12.0 Å². The third-order valence-corrected chi connectivity index (χ3v) is 1.98. The summed E-state index contributed by atoms with van der Waals surface area (Å²) in [7, 11) is 0. The molecule has 0 aliphatic heterocycles. The number of rotatable bonds is 3. The van der Waals surface area contributed by atoms with Crippen LogP contribution in [0, 0.1) is 0 Å². The molecule has 92 valence electrons. The van der Waals surface area contributed by atoms with E-state index in [1.165, 1.54) is 24.3 Å². The van der Waals surface area contributed by atoms with Gasteiger partial charge in [-0.2, -0.15) is 0 Å². The SMILES string of the molecule is CC[C@H](N)c1ccc(OC(F)(F)F)cc1.Cl. The van der Waals surface area contributed by atoms with E-state index >= 15 is 0 Å². The molecule has 0 saturated heterocycles. The second kappa shape index (κ2) is 5.96. The molecule has 0 radical (unpaired) electrons. The normalized spacial score (nSPS) is 12.8. The van der Waals surface area contributed by atoms with Crippen molar-refractivity contribution in [2.75, 3.05) is 0 Å². The first-order chi connectivity index (χ1) is 6.92. The lowest BCUT2D eigenvalue weighted by Gasteiger charge is -2.11. The van der Waals surface area contributed by atoms with Crippen molar-refractivity contribution in [1.82, 2.24) is 0 Å². The number of nitrogens with two attached hydrogens (primary N) is 1. The van der Waals surface area contributed by atoms with Crippen LogP contribution in [0.3, 0.4) is 0 Å². The molecule has 0 aromatic heterocycles. The van der Waals surface area contributed by atoms with Crippen LogP contribution < -0.4 is 10.5 Å². The molecule has 16 heavy (non-hydrogen) atoms. The van der Waals surface area contributed by atoms with Crippen molar-refractivity contribution in [2.24, 2.45) is 5.73 Å².